The minimum absolute atomic E-state index is 0.179. The van der Waals surface area contributed by atoms with Gasteiger partial charge < -0.3 is 30.6 Å². The highest BCUT2D eigenvalue weighted by Gasteiger charge is 2.27. The van der Waals surface area contributed by atoms with E-state index in [-0.39, 0.29) is 34.1 Å². The summed E-state index contributed by atoms with van der Waals surface area (Å²) < 4.78 is 0. The molecule has 2 aromatic carbocycles. The van der Waals surface area contributed by atoms with Gasteiger partial charge in [-0.1, -0.05) is 13.8 Å². The van der Waals surface area contributed by atoms with Crippen LogP contribution in [-0.4, -0.2) is 30.6 Å². The third-order valence-corrected chi connectivity index (χ3v) is 4.12. The monoisotopic (exact) mass is 320 g/mol. The van der Waals surface area contributed by atoms with Crippen LogP contribution >= 0.6 is 0 Å². The summed E-state index contributed by atoms with van der Waals surface area (Å²) in [5.74, 6) is -1.47. The van der Waals surface area contributed by atoms with E-state index in [1.54, 1.807) is 12.1 Å². The van der Waals surface area contributed by atoms with Gasteiger partial charge >= 0.3 is 0 Å². The number of rotatable bonds is 4. The van der Waals surface area contributed by atoms with Crippen LogP contribution in [0.4, 0.5) is 0 Å². The smallest absolute Gasteiger partial charge is 0.163 e. The maximum atomic E-state index is 9.83. The summed E-state index contributed by atoms with van der Waals surface area (Å²) in [6.07, 6.45) is 0. The van der Waals surface area contributed by atoms with Gasteiger partial charge in [-0.25, -0.2) is 0 Å². The molecule has 6 heteroatoms. The first-order valence-electron chi connectivity index (χ1n) is 7.04. The molecule has 6 N–H and O–H groups in total. The molecular weight excluding hydrogens is 300 g/mol. The zero-order chi connectivity index (χ0) is 17.4. The normalized spacial score (nSPS) is 11.7. The Morgan fingerprint density at radius 1 is 0.696 bits per heavy atom. The fourth-order valence-electron chi connectivity index (χ4n) is 2.49. The van der Waals surface area contributed by atoms with Gasteiger partial charge in [-0.05, 0) is 35.4 Å². The van der Waals surface area contributed by atoms with Crippen molar-refractivity contribution in [2.75, 3.05) is 0 Å². The van der Waals surface area contributed by atoms with Gasteiger partial charge in [0.25, 0.3) is 0 Å². The second-order valence-electron chi connectivity index (χ2n) is 5.95. The van der Waals surface area contributed by atoms with Gasteiger partial charge in [-0.15, -0.1) is 0 Å². The Balaban J connectivity index is 2.63. The molecule has 0 aliphatic rings. The lowest BCUT2D eigenvalue weighted by atomic mass is 9.77. The number of phenols is 4. The number of aliphatic hydroxyl groups excluding tert-OH is 2. The summed E-state index contributed by atoms with van der Waals surface area (Å²) >= 11 is 0. The number of benzene rings is 2. The minimum Gasteiger partial charge on any atom is -0.504 e. The van der Waals surface area contributed by atoms with E-state index >= 15 is 0 Å². The molecule has 6 nitrogen and oxygen atoms in total. The van der Waals surface area contributed by atoms with Crippen molar-refractivity contribution in [1.82, 2.24) is 0 Å². The van der Waals surface area contributed by atoms with Gasteiger partial charge in [0, 0.05) is 16.5 Å². The number of aromatic hydroxyl groups is 4. The second-order valence-corrected chi connectivity index (χ2v) is 5.95. The maximum Gasteiger partial charge on any atom is 0.163 e. The summed E-state index contributed by atoms with van der Waals surface area (Å²) in [5, 5.41) is 57.7. The topological polar surface area (TPSA) is 121 Å². The van der Waals surface area contributed by atoms with E-state index in [1.807, 2.05) is 13.8 Å². The van der Waals surface area contributed by atoms with E-state index in [4.69, 9.17) is 0 Å². The summed E-state index contributed by atoms with van der Waals surface area (Å²) in [7, 11) is 0. The molecule has 0 spiro atoms. The van der Waals surface area contributed by atoms with Gasteiger partial charge in [0.15, 0.2) is 23.0 Å². The van der Waals surface area contributed by atoms with Crippen molar-refractivity contribution in [2.24, 2.45) is 0 Å². The van der Waals surface area contributed by atoms with Crippen molar-refractivity contribution in [3.8, 4) is 23.0 Å². The van der Waals surface area contributed by atoms with Crippen LogP contribution in [0.15, 0.2) is 24.3 Å². The lowest BCUT2D eigenvalue weighted by Crippen LogP contribution is -2.19. The molecule has 0 amide bonds. The summed E-state index contributed by atoms with van der Waals surface area (Å²) in [6, 6.07) is 5.85. The highest BCUT2D eigenvalue weighted by atomic mass is 16.3. The van der Waals surface area contributed by atoms with Crippen molar-refractivity contribution < 1.29 is 30.6 Å². The largest absolute Gasteiger partial charge is 0.504 e. The Labute approximate surface area is 133 Å². The number of hydrogen-bond acceptors (Lipinski definition) is 6. The molecule has 2 rings (SSSR count). The fourth-order valence-corrected chi connectivity index (χ4v) is 2.49. The van der Waals surface area contributed by atoms with Crippen LogP contribution in [-0.2, 0) is 18.6 Å². The van der Waals surface area contributed by atoms with E-state index in [2.05, 4.69) is 0 Å². The van der Waals surface area contributed by atoms with Crippen molar-refractivity contribution in [2.45, 2.75) is 32.5 Å². The highest BCUT2D eigenvalue weighted by Crippen LogP contribution is 2.41. The molecule has 0 radical (unpaired) electrons. The highest BCUT2D eigenvalue weighted by molar-refractivity contribution is 5.55. The Hall–Kier alpha value is -2.44. The molecule has 0 unspecified atom stereocenters. The predicted octanol–water partition coefficient (Wildman–Crippen LogP) is 1.82. The fraction of sp³-hybridized carbons (Fsp3) is 0.294. The van der Waals surface area contributed by atoms with Crippen molar-refractivity contribution in [3.05, 3.63) is 46.5 Å². The van der Waals surface area contributed by atoms with E-state index in [0.717, 1.165) is 0 Å². The van der Waals surface area contributed by atoms with Crippen molar-refractivity contribution in [3.63, 3.8) is 0 Å². The van der Waals surface area contributed by atoms with E-state index in [1.165, 1.54) is 12.1 Å². The maximum absolute atomic E-state index is 9.83. The average molecular weight is 320 g/mol. The zero-order valence-corrected chi connectivity index (χ0v) is 12.9. The quantitative estimate of drug-likeness (QED) is 0.478. The Bertz CT molecular complexity index is 675. The molecular formula is C17H20O6. The first-order valence-corrected chi connectivity index (χ1v) is 7.04. The first-order chi connectivity index (χ1) is 10.7. The van der Waals surface area contributed by atoms with Crippen LogP contribution in [0.5, 0.6) is 23.0 Å². The SMILES string of the molecule is CC(C)(c1cc(O)c(O)c(CO)c1)c1cc(O)c(O)c(CO)c1. The number of hydrogen-bond donors (Lipinski definition) is 6. The molecule has 23 heavy (non-hydrogen) atoms. The zero-order valence-electron chi connectivity index (χ0n) is 12.9. The molecule has 0 saturated heterocycles. The number of phenolic OH excluding ortho intramolecular Hbond substituents is 2. The average Bonchev–Trinajstić information content (AvgIpc) is 2.52. The molecule has 0 heterocycles. The summed E-state index contributed by atoms with van der Waals surface area (Å²) in [6.45, 7) is 2.75. The molecule has 0 aliphatic carbocycles. The lowest BCUT2D eigenvalue weighted by Gasteiger charge is -2.28. The molecule has 0 saturated carbocycles. The molecule has 0 bridgehead atoms. The van der Waals surface area contributed by atoms with Crippen molar-refractivity contribution in [1.29, 1.82) is 0 Å². The predicted molar refractivity (Wildman–Crippen MR) is 83.5 cm³/mol. The second kappa shape index (κ2) is 5.98. The number of aliphatic hydroxyl groups is 2. The summed E-state index contributed by atoms with van der Waals surface area (Å²) in [4.78, 5) is 0. The molecule has 0 aromatic heterocycles. The molecule has 2 aromatic rings. The minimum atomic E-state index is -0.732. The molecule has 124 valence electrons. The van der Waals surface area contributed by atoms with Gasteiger partial charge in [-0.3, -0.25) is 0 Å². The van der Waals surface area contributed by atoms with Gasteiger partial charge in [-0.2, -0.15) is 0 Å². The Morgan fingerprint density at radius 2 is 1.04 bits per heavy atom. The van der Waals surface area contributed by atoms with Gasteiger partial charge in [0.1, 0.15) is 0 Å². The Morgan fingerprint density at radius 3 is 1.35 bits per heavy atom. The van der Waals surface area contributed by atoms with E-state index < -0.39 is 18.6 Å². The molecule has 0 atom stereocenters. The van der Waals surface area contributed by atoms with Crippen LogP contribution in [0, 0.1) is 0 Å². The van der Waals surface area contributed by atoms with Crippen molar-refractivity contribution >= 4 is 0 Å². The standard InChI is InChI=1S/C17H20O6/c1-17(2,11-3-9(7-18)15(22)13(20)5-11)12-4-10(8-19)16(23)14(21)6-12/h3-6,18-23H,7-8H2,1-2H3. The van der Waals surface area contributed by atoms with Crippen LogP contribution in [0.3, 0.4) is 0 Å². The van der Waals surface area contributed by atoms with Gasteiger partial charge in [0.2, 0.25) is 0 Å². The van der Waals surface area contributed by atoms with E-state index in [9.17, 15) is 30.6 Å². The Kier molecular flexibility index (Phi) is 4.40. The van der Waals surface area contributed by atoms with Crippen LogP contribution in [0.25, 0.3) is 0 Å². The third kappa shape index (κ3) is 2.91. The van der Waals surface area contributed by atoms with Crippen LogP contribution in [0.1, 0.15) is 36.1 Å². The third-order valence-electron chi connectivity index (χ3n) is 4.12. The first kappa shape index (κ1) is 16.9. The summed E-state index contributed by atoms with van der Waals surface area (Å²) in [5.41, 5.74) is 0.804. The van der Waals surface area contributed by atoms with Crippen LogP contribution in [0.2, 0.25) is 0 Å². The van der Waals surface area contributed by atoms with Gasteiger partial charge in [0.05, 0.1) is 13.2 Å². The van der Waals surface area contributed by atoms with E-state index in [0.29, 0.717) is 11.1 Å². The van der Waals surface area contributed by atoms with Crippen LogP contribution < -0.4 is 0 Å². The lowest BCUT2D eigenvalue weighted by molar-refractivity contribution is 0.272. The molecule has 0 aliphatic heterocycles. The molecule has 0 fully saturated rings.